The SMILES string of the molecule is c1ccc(-c2ccc(-c3ccccc3-c3cc(-c4ccccc4-c4ccc(-c5ccccc5)nc4)cc(-c4ccccc4-c4ccc(-c5ccc6oc7ccncc7c6c5)nc4)c3)cn2)cc1. The highest BCUT2D eigenvalue weighted by Gasteiger charge is 2.17. The van der Waals surface area contributed by atoms with E-state index in [0.717, 1.165) is 122 Å². The lowest BCUT2D eigenvalue weighted by molar-refractivity contribution is 0.668. The van der Waals surface area contributed by atoms with E-state index < -0.39 is 0 Å². The van der Waals surface area contributed by atoms with Crippen LogP contribution in [0, 0.1) is 0 Å². The number of furan rings is 1. The Morgan fingerprint density at radius 1 is 0.254 bits per heavy atom. The molecule has 0 amide bonds. The third-order valence-corrected chi connectivity index (χ3v) is 12.6. The summed E-state index contributed by atoms with van der Waals surface area (Å²) < 4.78 is 6.08. The number of hydrogen-bond donors (Lipinski definition) is 0. The summed E-state index contributed by atoms with van der Waals surface area (Å²) in [7, 11) is 0. The van der Waals surface area contributed by atoms with Gasteiger partial charge in [0.1, 0.15) is 11.2 Å². The number of nitrogens with zero attached hydrogens (tertiary/aromatic N) is 4. The Hall–Kier alpha value is -9.06. The van der Waals surface area contributed by atoms with Crippen molar-refractivity contribution >= 4 is 21.9 Å². The predicted molar refractivity (Wildman–Crippen MR) is 274 cm³/mol. The molecule has 67 heavy (non-hydrogen) atoms. The predicted octanol–water partition coefficient (Wildman–Crippen LogP) is 16.2. The Bertz CT molecular complexity index is 3570. The Labute approximate surface area is 388 Å². The molecule has 0 unspecified atom stereocenters. The molecule has 12 aromatic rings. The van der Waals surface area contributed by atoms with Crippen LogP contribution in [0.3, 0.4) is 0 Å². The maximum Gasteiger partial charge on any atom is 0.138 e. The number of rotatable bonds is 9. The lowest BCUT2D eigenvalue weighted by Gasteiger charge is -2.18. The van der Waals surface area contributed by atoms with Gasteiger partial charge in [0.15, 0.2) is 0 Å². The van der Waals surface area contributed by atoms with Gasteiger partial charge in [-0.2, -0.15) is 0 Å². The summed E-state index contributed by atoms with van der Waals surface area (Å²) in [5, 5.41) is 2.02. The van der Waals surface area contributed by atoms with Gasteiger partial charge in [0.2, 0.25) is 0 Å². The van der Waals surface area contributed by atoms with E-state index in [4.69, 9.17) is 19.4 Å². The normalized spacial score (nSPS) is 11.3. The van der Waals surface area contributed by atoms with Gasteiger partial charge in [0.25, 0.3) is 0 Å². The van der Waals surface area contributed by atoms with Gasteiger partial charge in [-0.15, -0.1) is 0 Å². The molecule has 5 heteroatoms. The molecular formula is C62H40N4O. The summed E-state index contributed by atoms with van der Waals surface area (Å²) in [6.07, 6.45) is 9.59. The number of pyridine rings is 4. The Morgan fingerprint density at radius 2 is 0.627 bits per heavy atom. The molecule has 0 saturated carbocycles. The smallest absolute Gasteiger partial charge is 0.138 e. The number of hydrogen-bond acceptors (Lipinski definition) is 5. The minimum atomic E-state index is 0.824. The molecule has 5 heterocycles. The average molecular weight is 857 g/mol. The first-order valence-corrected chi connectivity index (χ1v) is 22.4. The molecule has 0 fully saturated rings. The lowest BCUT2D eigenvalue weighted by atomic mass is 9.86. The van der Waals surface area contributed by atoms with Crippen molar-refractivity contribution in [3.05, 3.63) is 243 Å². The molecule has 5 nitrogen and oxygen atoms in total. The van der Waals surface area contributed by atoms with Crippen molar-refractivity contribution in [2.45, 2.75) is 0 Å². The Balaban J connectivity index is 0.977. The zero-order chi connectivity index (χ0) is 44.5. The van der Waals surface area contributed by atoms with E-state index in [9.17, 15) is 0 Å². The first-order chi connectivity index (χ1) is 33.2. The van der Waals surface area contributed by atoms with Gasteiger partial charge in [0, 0.05) is 75.1 Å². The van der Waals surface area contributed by atoms with Crippen molar-refractivity contribution in [2.24, 2.45) is 0 Å². The highest BCUT2D eigenvalue weighted by molar-refractivity contribution is 6.06. The summed E-state index contributed by atoms with van der Waals surface area (Å²) in [6.45, 7) is 0. The minimum absolute atomic E-state index is 0.824. The molecule has 0 aliphatic heterocycles. The molecule has 0 spiro atoms. The molecule has 7 aromatic carbocycles. The molecule has 0 N–H and O–H groups in total. The van der Waals surface area contributed by atoms with Gasteiger partial charge in [-0.1, -0.05) is 152 Å². The summed E-state index contributed by atoms with van der Waals surface area (Å²) in [6, 6.07) is 74.5. The number of aromatic nitrogens is 4. The fraction of sp³-hybridized carbons (Fsp3) is 0. The monoisotopic (exact) mass is 856 g/mol. The van der Waals surface area contributed by atoms with E-state index in [1.807, 2.05) is 73.3 Å². The second-order valence-corrected chi connectivity index (χ2v) is 16.6. The van der Waals surface area contributed by atoms with Crippen LogP contribution in [-0.2, 0) is 0 Å². The first-order valence-electron chi connectivity index (χ1n) is 22.4. The quantitative estimate of drug-likeness (QED) is 0.145. The van der Waals surface area contributed by atoms with Crippen LogP contribution in [0.1, 0.15) is 0 Å². The zero-order valence-corrected chi connectivity index (χ0v) is 36.3. The van der Waals surface area contributed by atoms with Crippen LogP contribution < -0.4 is 0 Å². The zero-order valence-electron chi connectivity index (χ0n) is 36.3. The second-order valence-electron chi connectivity index (χ2n) is 16.6. The third-order valence-electron chi connectivity index (χ3n) is 12.6. The molecule has 0 aliphatic rings. The van der Waals surface area contributed by atoms with Crippen LogP contribution >= 0.6 is 0 Å². The van der Waals surface area contributed by atoms with Crippen molar-refractivity contribution in [1.82, 2.24) is 19.9 Å². The summed E-state index contributed by atoms with van der Waals surface area (Å²) in [5.41, 5.74) is 20.7. The number of benzene rings is 7. The standard InChI is InChI=1S/C62H40N4O/c1-3-13-41(14-4-1)58-27-23-44(37-64-58)50-17-7-10-20-53(50)47-33-48(54-21-11-8-18-51(54)45-24-28-59(65-38-45)42-15-5-2-6-16-42)35-49(34-47)55-22-12-9-19-52(55)46-25-29-60(66-39-46)43-26-30-61-56(36-43)57-40-63-32-31-62(57)67-61/h1-40H. The van der Waals surface area contributed by atoms with Crippen LogP contribution in [-0.4, -0.2) is 19.9 Å². The molecule has 0 aliphatic carbocycles. The van der Waals surface area contributed by atoms with E-state index in [-0.39, 0.29) is 0 Å². The molecule has 314 valence electrons. The third kappa shape index (κ3) is 7.64. The second kappa shape index (κ2) is 17.1. The van der Waals surface area contributed by atoms with Gasteiger partial charge in [-0.05, 0) is 111 Å². The summed E-state index contributed by atoms with van der Waals surface area (Å²) in [5.74, 6) is 0. The molecular weight excluding hydrogens is 817 g/mol. The molecule has 12 rings (SSSR count). The van der Waals surface area contributed by atoms with Crippen LogP contribution in [0.15, 0.2) is 248 Å². The van der Waals surface area contributed by atoms with Crippen LogP contribution in [0.4, 0.5) is 0 Å². The van der Waals surface area contributed by atoms with Crippen molar-refractivity contribution in [3.63, 3.8) is 0 Å². The van der Waals surface area contributed by atoms with Crippen LogP contribution in [0.2, 0.25) is 0 Å². The van der Waals surface area contributed by atoms with Crippen molar-refractivity contribution in [3.8, 4) is 101 Å². The number of fused-ring (bicyclic) bond motifs is 3. The van der Waals surface area contributed by atoms with E-state index in [1.54, 1.807) is 6.20 Å². The van der Waals surface area contributed by atoms with Crippen LogP contribution in [0.5, 0.6) is 0 Å². The van der Waals surface area contributed by atoms with Gasteiger partial charge < -0.3 is 4.42 Å². The lowest BCUT2D eigenvalue weighted by Crippen LogP contribution is -1.93. The van der Waals surface area contributed by atoms with E-state index in [0.29, 0.717) is 0 Å². The van der Waals surface area contributed by atoms with E-state index in [1.165, 1.54) is 0 Å². The molecule has 0 saturated heterocycles. The molecule has 0 bridgehead atoms. The highest BCUT2D eigenvalue weighted by atomic mass is 16.3. The summed E-state index contributed by atoms with van der Waals surface area (Å²) in [4.78, 5) is 19.3. The molecule has 0 radical (unpaired) electrons. The largest absolute Gasteiger partial charge is 0.456 e. The van der Waals surface area contributed by atoms with Gasteiger partial charge >= 0.3 is 0 Å². The Morgan fingerprint density at radius 3 is 1.04 bits per heavy atom. The Kier molecular flexibility index (Phi) is 10.1. The minimum Gasteiger partial charge on any atom is -0.456 e. The maximum absolute atomic E-state index is 6.08. The maximum atomic E-state index is 6.08. The molecule has 0 atom stereocenters. The topological polar surface area (TPSA) is 64.7 Å². The summed E-state index contributed by atoms with van der Waals surface area (Å²) >= 11 is 0. The highest BCUT2D eigenvalue weighted by Crippen LogP contribution is 2.43. The van der Waals surface area contributed by atoms with Gasteiger partial charge in [0.05, 0.1) is 17.1 Å². The average Bonchev–Trinajstić information content (AvgIpc) is 3.79. The van der Waals surface area contributed by atoms with Crippen molar-refractivity contribution < 1.29 is 4.42 Å². The van der Waals surface area contributed by atoms with Crippen LogP contribution in [0.25, 0.3) is 122 Å². The first kappa shape index (κ1) is 39.5. The van der Waals surface area contributed by atoms with Gasteiger partial charge in [-0.25, -0.2) is 0 Å². The van der Waals surface area contributed by atoms with Gasteiger partial charge in [-0.3, -0.25) is 19.9 Å². The molecule has 5 aromatic heterocycles. The van der Waals surface area contributed by atoms with E-state index in [2.05, 4.69) is 169 Å². The van der Waals surface area contributed by atoms with Crippen molar-refractivity contribution in [2.75, 3.05) is 0 Å². The fourth-order valence-corrected chi connectivity index (χ4v) is 9.22. The fourth-order valence-electron chi connectivity index (χ4n) is 9.22. The van der Waals surface area contributed by atoms with Crippen molar-refractivity contribution in [1.29, 1.82) is 0 Å². The van der Waals surface area contributed by atoms with E-state index >= 15 is 0 Å².